The lowest BCUT2D eigenvalue weighted by Crippen LogP contribution is -2.07. The van der Waals surface area contributed by atoms with E-state index in [1.807, 2.05) is 43.5 Å². The third-order valence-corrected chi connectivity index (χ3v) is 3.52. The Morgan fingerprint density at radius 2 is 2.00 bits per heavy atom. The predicted molar refractivity (Wildman–Crippen MR) is 70.4 cm³/mol. The van der Waals surface area contributed by atoms with Gasteiger partial charge in [-0.15, -0.1) is 11.3 Å². The number of thiazole rings is 1. The van der Waals surface area contributed by atoms with Gasteiger partial charge in [-0.2, -0.15) is 0 Å². The molecule has 0 N–H and O–H groups in total. The van der Waals surface area contributed by atoms with E-state index in [9.17, 15) is 4.79 Å². The van der Waals surface area contributed by atoms with Crippen molar-refractivity contribution >= 4 is 17.1 Å². The zero-order valence-electron chi connectivity index (χ0n) is 10.1. The van der Waals surface area contributed by atoms with Gasteiger partial charge in [0.1, 0.15) is 5.78 Å². The normalized spacial score (nSPS) is 10.5. The van der Waals surface area contributed by atoms with Crippen LogP contribution in [0.15, 0.2) is 29.6 Å². The van der Waals surface area contributed by atoms with Gasteiger partial charge in [-0.3, -0.25) is 4.79 Å². The highest BCUT2D eigenvalue weighted by Crippen LogP contribution is 2.12. The molecule has 0 aliphatic rings. The second-order valence-electron chi connectivity index (χ2n) is 4.18. The number of ketones is 1. The highest BCUT2D eigenvalue weighted by atomic mass is 32.1. The second-order valence-corrected chi connectivity index (χ2v) is 5.24. The van der Waals surface area contributed by atoms with Crippen LogP contribution in [0.25, 0.3) is 0 Å². The van der Waals surface area contributed by atoms with Crippen molar-refractivity contribution in [3.05, 3.63) is 51.5 Å². The Morgan fingerprint density at radius 1 is 1.24 bits per heavy atom. The molecule has 1 heterocycles. The number of aromatic nitrogens is 1. The van der Waals surface area contributed by atoms with Gasteiger partial charge >= 0.3 is 0 Å². The fourth-order valence-corrected chi connectivity index (χ4v) is 2.39. The van der Waals surface area contributed by atoms with E-state index in [0.717, 1.165) is 16.3 Å². The smallest absolute Gasteiger partial charge is 0.143 e. The molecule has 0 fully saturated rings. The molecule has 0 saturated heterocycles. The van der Waals surface area contributed by atoms with Crippen molar-refractivity contribution in [2.45, 2.75) is 26.7 Å². The van der Waals surface area contributed by atoms with E-state index in [0.29, 0.717) is 12.8 Å². The van der Waals surface area contributed by atoms with Crippen molar-refractivity contribution in [2.75, 3.05) is 0 Å². The summed E-state index contributed by atoms with van der Waals surface area (Å²) < 4.78 is 0. The average Bonchev–Trinajstić information content (AvgIpc) is 2.67. The Labute approximate surface area is 105 Å². The summed E-state index contributed by atoms with van der Waals surface area (Å²) in [5.74, 6) is 0.226. The molecule has 0 bridgehead atoms. The third kappa shape index (κ3) is 3.24. The van der Waals surface area contributed by atoms with Crippen LogP contribution in [-0.2, 0) is 17.6 Å². The maximum Gasteiger partial charge on any atom is 0.143 e. The van der Waals surface area contributed by atoms with Gasteiger partial charge in [0.25, 0.3) is 0 Å². The van der Waals surface area contributed by atoms with Crippen LogP contribution in [0.4, 0.5) is 0 Å². The summed E-state index contributed by atoms with van der Waals surface area (Å²) in [4.78, 5) is 16.2. The maximum absolute atomic E-state index is 11.9. The summed E-state index contributed by atoms with van der Waals surface area (Å²) in [5.41, 5.74) is 3.19. The van der Waals surface area contributed by atoms with E-state index < -0.39 is 0 Å². The first-order valence-electron chi connectivity index (χ1n) is 5.62. The number of aryl methyl sites for hydroxylation is 2. The van der Waals surface area contributed by atoms with Crippen molar-refractivity contribution in [1.82, 2.24) is 4.98 Å². The van der Waals surface area contributed by atoms with Crippen LogP contribution < -0.4 is 0 Å². The molecule has 1 aromatic carbocycles. The number of hydrogen-bond acceptors (Lipinski definition) is 3. The Kier molecular flexibility index (Phi) is 3.69. The van der Waals surface area contributed by atoms with Gasteiger partial charge in [0.15, 0.2) is 0 Å². The van der Waals surface area contributed by atoms with Gasteiger partial charge < -0.3 is 0 Å². The maximum atomic E-state index is 11.9. The van der Waals surface area contributed by atoms with Crippen LogP contribution in [0.1, 0.15) is 21.8 Å². The van der Waals surface area contributed by atoms with Crippen LogP contribution in [0.3, 0.4) is 0 Å². The van der Waals surface area contributed by atoms with Crippen molar-refractivity contribution in [1.29, 1.82) is 0 Å². The van der Waals surface area contributed by atoms with Crippen molar-refractivity contribution < 1.29 is 4.79 Å². The Morgan fingerprint density at radius 3 is 2.65 bits per heavy atom. The highest BCUT2D eigenvalue weighted by molar-refractivity contribution is 7.09. The zero-order valence-corrected chi connectivity index (χ0v) is 10.9. The van der Waals surface area contributed by atoms with E-state index in [1.54, 1.807) is 11.3 Å². The molecule has 0 unspecified atom stereocenters. The predicted octanol–water partition coefficient (Wildman–Crippen LogP) is 3.11. The van der Waals surface area contributed by atoms with E-state index in [-0.39, 0.29) is 5.78 Å². The van der Waals surface area contributed by atoms with Gasteiger partial charge in [0.2, 0.25) is 0 Å². The molecular weight excluding hydrogens is 230 g/mol. The summed E-state index contributed by atoms with van der Waals surface area (Å²) in [6.45, 7) is 4.00. The molecule has 17 heavy (non-hydrogen) atoms. The Bertz CT molecular complexity index is 531. The lowest BCUT2D eigenvalue weighted by atomic mass is 10.0. The summed E-state index contributed by atoms with van der Waals surface area (Å²) in [6, 6.07) is 8.02. The summed E-state index contributed by atoms with van der Waals surface area (Å²) in [6.07, 6.45) is 0.946. The SMILES string of the molecule is Cc1nc(CC(=O)Cc2ccccc2C)cs1. The largest absolute Gasteiger partial charge is 0.299 e. The first kappa shape index (κ1) is 12.0. The fraction of sp³-hybridized carbons (Fsp3) is 0.286. The molecule has 0 spiro atoms. The molecule has 1 aromatic heterocycles. The van der Waals surface area contributed by atoms with Crippen LogP contribution >= 0.6 is 11.3 Å². The summed E-state index contributed by atoms with van der Waals surface area (Å²) >= 11 is 1.59. The van der Waals surface area contributed by atoms with E-state index in [4.69, 9.17) is 0 Å². The van der Waals surface area contributed by atoms with Gasteiger partial charge in [-0.25, -0.2) is 4.98 Å². The third-order valence-electron chi connectivity index (χ3n) is 2.69. The molecule has 0 amide bonds. The molecule has 0 radical (unpaired) electrons. The molecule has 0 aliphatic carbocycles. The average molecular weight is 245 g/mol. The lowest BCUT2D eigenvalue weighted by Gasteiger charge is -2.03. The van der Waals surface area contributed by atoms with Gasteiger partial charge in [0, 0.05) is 18.2 Å². The van der Waals surface area contributed by atoms with Crippen molar-refractivity contribution in [2.24, 2.45) is 0 Å². The number of carbonyl (C=O) groups excluding carboxylic acids is 1. The van der Waals surface area contributed by atoms with Gasteiger partial charge in [-0.05, 0) is 25.0 Å². The number of nitrogens with zero attached hydrogens (tertiary/aromatic N) is 1. The number of Topliss-reactive ketones (excluding diaryl/α,β-unsaturated/α-hetero) is 1. The topological polar surface area (TPSA) is 30.0 Å². The molecule has 2 aromatic rings. The monoisotopic (exact) mass is 245 g/mol. The first-order chi connectivity index (χ1) is 8.15. The molecule has 88 valence electrons. The number of carbonyl (C=O) groups is 1. The zero-order chi connectivity index (χ0) is 12.3. The quantitative estimate of drug-likeness (QED) is 0.828. The number of benzene rings is 1. The summed E-state index contributed by atoms with van der Waals surface area (Å²) in [7, 11) is 0. The minimum Gasteiger partial charge on any atom is -0.299 e. The molecule has 3 heteroatoms. The minimum atomic E-state index is 0.226. The number of rotatable bonds is 4. The Hall–Kier alpha value is -1.48. The summed E-state index contributed by atoms with van der Waals surface area (Å²) in [5, 5.41) is 2.98. The van der Waals surface area contributed by atoms with Crippen molar-refractivity contribution in [3.8, 4) is 0 Å². The van der Waals surface area contributed by atoms with Crippen LogP contribution in [0.5, 0.6) is 0 Å². The standard InChI is InChI=1S/C14H15NOS/c1-10-5-3-4-6-12(10)7-14(16)8-13-9-17-11(2)15-13/h3-6,9H,7-8H2,1-2H3. The van der Waals surface area contributed by atoms with E-state index in [2.05, 4.69) is 4.98 Å². The van der Waals surface area contributed by atoms with Crippen LogP contribution in [0.2, 0.25) is 0 Å². The van der Waals surface area contributed by atoms with Crippen LogP contribution in [0, 0.1) is 13.8 Å². The van der Waals surface area contributed by atoms with Crippen molar-refractivity contribution in [3.63, 3.8) is 0 Å². The Balaban J connectivity index is 2.01. The molecule has 0 atom stereocenters. The molecular formula is C14H15NOS. The van der Waals surface area contributed by atoms with E-state index >= 15 is 0 Å². The van der Waals surface area contributed by atoms with Gasteiger partial charge in [0.05, 0.1) is 10.7 Å². The first-order valence-corrected chi connectivity index (χ1v) is 6.50. The lowest BCUT2D eigenvalue weighted by molar-refractivity contribution is -0.117. The van der Waals surface area contributed by atoms with Crippen LogP contribution in [-0.4, -0.2) is 10.8 Å². The number of hydrogen-bond donors (Lipinski definition) is 0. The van der Waals surface area contributed by atoms with Gasteiger partial charge in [-0.1, -0.05) is 24.3 Å². The molecule has 0 aliphatic heterocycles. The molecule has 0 saturated carbocycles. The minimum absolute atomic E-state index is 0.226. The fourth-order valence-electron chi connectivity index (χ4n) is 1.77. The second kappa shape index (κ2) is 5.23. The molecule has 2 rings (SSSR count). The highest BCUT2D eigenvalue weighted by Gasteiger charge is 2.08. The van der Waals surface area contributed by atoms with E-state index in [1.165, 1.54) is 5.56 Å². The molecule has 2 nitrogen and oxygen atoms in total.